The predicted octanol–water partition coefficient (Wildman–Crippen LogP) is 3.78. The molecule has 178 valence electrons. The Labute approximate surface area is 204 Å². The van der Waals surface area contributed by atoms with Gasteiger partial charge in [0.1, 0.15) is 11.8 Å². The number of nitrogens with one attached hydrogen (secondary N) is 1. The van der Waals surface area contributed by atoms with Crippen molar-refractivity contribution in [3.63, 3.8) is 0 Å². The van der Waals surface area contributed by atoms with Crippen molar-refractivity contribution in [3.05, 3.63) is 95.1 Å². The molecule has 0 saturated carbocycles. The van der Waals surface area contributed by atoms with Gasteiger partial charge in [-0.1, -0.05) is 36.4 Å². The lowest BCUT2D eigenvalue weighted by molar-refractivity contribution is -0.122. The van der Waals surface area contributed by atoms with Crippen molar-refractivity contribution in [2.24, 2.45) is 0 Å². The summed E-state index contributed by atoms with van der Waals surface area (Å²) in [4.78, 5) is 42.5. The summed E-state index contributed by atoms with van der Waals surface area (Å²) in [6.45, 7) is 1.36. The number of para-hydroxylation sites is 1. The van der Waals surface area contributed by atoms with Crippen molar-refractivity contribution in [1.82, 2.24) is 10.2 Å². The molecule has 5 rings (SSSR count). The van der Waals surface area contributed by atoms with Crippen LogP contribution >= 0.6 is 0 Å². The molecule has 3 aromatic rings. The van der Waals surface area contributed by atoms with Gasteiger partial charge in [0, 0.05) is 18.7 Å². The molecule has 0 bridgehead atoms. The molecule has 0 spiro atoms. The standard InChI is InChI=1S/C28H27N3O4/c1-35-22-14-10-19(11-15-22)17-29-26(32)21-12-8-20(9-13-21)18-31-24-6-3-2-5-23(24)27(33)30-16-4-7-25(30)28(31)34/h2-3,5-6,8-15,25H,4,7,16-18H2,1H3,(H,29,32)/t25-/m1/s1. The van der Waals surface area contributed by atoms with Gasteiger partial charge in [0.25, 0.3) is 11.8 Å². The summed E-state index contributed by atoms with van der Waals surface area (Å²) in [7, 11) is 1.62. The Kier molecular flexibility index (Phi) is 6.23. The molecule has 1 atom stereocenters. The van der Waals surface area contributed by atoms with Gasteiger partial charge in [-0.25, -0.2) is 0 Å². The molecular formula is C28H27N3O4. The number of fused-ring (bicyclic) bond motifs is 2. The van der Waals surface area contributed by atoms with E-state index < -0.39 is 6.04 Å². The Bertz CT molecular complexity index is 1250. The van der Waals surface area contributed by atoms with Gasteiger partial charge in [0.2, 0.25) is 5.91 Å². The Morgan fingerprint density at radius 3 is 2.43 bits per heavy atom. The van der Waals surface area contributed by atoms with Gasteiger partial charge in [0.15, 0.2) is 0 Å². The quantitative estimate of drug-likeness (QED) is 0.596. The molecule has 35 heavy (non-hydrogen) atoms. The van der Waals surface area contributed by atoms with Gasteiger partial charge in [-0.2, -0.15) is 0 Å². The highest BCUT2D eigenvalue weighted by molar-refractivity contribution is 6.11. The van der Waals surface area contributed by atoms with Gasteiger partial charge < -0.3 is 19.9 Å². The average molecular weight is 470 g/mol. The van der Waals surface area contributed by atoms with Crippen LogP contribution in [0.25, 0.3) is 0 Å². The van der Waals surface area contributed by atoms with Crippen LogP contribution in [0.4, 0.5) is 5.69 Å². The maximum atomic E-state index is 13.4. The third-order valence-corrected chi connectivity index (χ3v) is 6.66. The zero-order chi connectivity index (χ0) is 24.4. The summed E-state index contributed by atoms with van der Waals surface area (Å²) in [5, 5.41) is 2.92. The number of rotatable bonds is 6. The van der Waals surface area contributed by atoms with E-state index in [2.05, 4.69) is 5.32 Å². The Morgan fingerprint density at radius 2 is 1.69 bits per heavy atom. The zero-order valence-corrected chi connectivity index (χ0v) is 19.6. The number of anilines is 1. The first-order chi connectivity index (χ1) is 17.0. The van der Waals surface area contributed by atoms with Crippen molar-refractivity contribution in [2.75, 3.05) is 18.6 Å². The van der Waals surface area contributed by atoms with E-state index in [1.165, 1.54) is 0 Å². The van der Waals surface area contributed by atoms with Crippen molar-refractivity contribution >= 4 is 23.4 Å². The first kappa shape index (κ1) is 22.7. The summed E-state index contributed by atoms with van der Waals surface area (Å²) >= 11 is 0. The first-order valence-corrected chi connectivity index (χ1v) is 11.8. The molecule has 1 fully saturated rings. The number of hydrogen-bond acceptors (Lipinski definition) is 4. The molecule has 0 radical (unpaired) electrons. The highest BCUT2D eigenvalue weighted by Crippen LogP contribution is 2.33. The van der Waals surface area contributed by atoms with Crippen molar-refractivity contribution in [3.8, 4) is 5.75 Å². The second-order valence-corrected chi connectivity index (χ2v) is 8.83. The van der Waals surface area contributed by atoms with Gasteiger partial charge in [-0.05, 0) is 60.4 Å². The molecule has 3 aromatic carbocycles. The summed E-state index contributed by atoms with van der Waals surface area (Å²) in [5.41, 5.74) is 3.60. The Balaban J connectivity index is 1.30. The molecule has 2 aliphatic rings. The van der Waals surface area contributed by atoms with E-state index in [1.54, 1.807) is 35.1 Å². The molecule has 0 unspecified atom stereocenters. The number of carbonyl (C=O) groups excluding carboxylic acids is 3. The second kappa shape index (κ2) is 9.62. The van der Waals surface area contributed by atoms with E-state index in [9.17, 15) is 14.4 Å². The summed E-state index contributed by atoms with van der Waals surface area (Å²) < 4.78 is 5.16. The minimum atomic E-state index is -0.419. The number of ether oxygens (including phenoxy) is 1. The number of hydrogen-bond donors (Lipinski definition) is 1. The minimum Gasteiger partial charge on any atom is -0.497 e. The highest BCUT2D eigenvalue weighted by Gasteiger charge is 2.41. The van der Waals surface area contributed by atoms with E-state index >= 15 is 0 Å². The van der Waals surface area contributed by atoms with E-state index in [4.69, 9.17) is 4.74 Å². The molecule has 0 aliphatic carbocycles. The summed E-state index contributed by atoms with van der Waals surface area (Å²) in [5.74, 6) is 0.465. The molecule has 2 aliphatic heterocycles. The Hall–Kier alpha value is -4.13. The van der Waals surface area contributed by atoms with Gasteiger partial charge in [-0.15, -0.1) is 0 Å². The molecule has 3 amide bonds. The zero-order valence-electron chi connectivity index (χ0n) is 19.6. The van der Waals surface area contributed by atoms with Crippen molar-refractivity contribution < 1.29 is 19.1 Å². The third-order valence-electron chi connectivity index (χ3n) is 6.66. The average Bonchev–Trinajstić information content (AvgIpc) is 3.38. The van der Waals surface area contributed by atoms with Crippen LogP contribution in [0.2, 0.25) is 0 Å². The third kappa shape index (κ3) is 4.49. The van der Waals surface area contributed by atoms with Crippen LogP contribution in [0.5, 0.6) is 5.75 Å². The van der Waals surface area contributed by atoms with Gasteiger partial charge in [-0.3, -0.25) is 14.4 Å². The van der Waals surface area contributed by atoms with Crippen LogP contribution in [0.1, 0.15) is 44.7 Å². The van der Waals surface area contributed by atoms with Gasteiger partial charge in [0.05, 0.1) is 24.9 Å². The lowest BCUT2D eigenvalue weighted by Crippen LogP contribution is -2.44. The topological polar surface area (TPSA) is 79.0 Å². The number of amides is 3. The molecule has 2 heterocycles. The largest absolute Gasteiger partial charge is 0.497 e. The SMILES string of the molecule is COc1ccc(CNC(=O)c2ccc(CN3C(=O)[C@H]4CCCN4C(=O)c4ccccc43)cc2)cc1. The van der Waals surface area contributed by atoms with E-state index in [0.717, 1.165) is 23.3 Å². The van der Waals surface area contributed by atoms with Crippen LogP contribution in [0, 0.1) is 0 Å². The fraction of sp³-hybridized carbons (Fsp3) is 0.250. The molecular weight excluding hydrogens is 442 g/mol. The summed E-state index contributed by atoms with van der Waals surface area (Å²) in [6.07, 6.45) is 1.51. The first-order valence-electron chi connectivity index (χ1n) is 11.8. The normalized spacial score (nSPS) is 17.0. The molecule has 0 aromatic heterocycles. The van der Waals surface area contributed by atoms with E-state index in [1.807, 2.05) is 54.6 Å². The lowest BCUT2D eigenvalue weighted by Gasteiger charge is -2.26. The fourth-order valence-electron chi connectivity index (χ4n) is 4.74. The van der Waals surface area contributed by atoms with Crippen LogP contribution < -0.4 is 15.0 Å². The number of benzene rings is 3. The van der Waals surface area contributed by atoms with Crippen molar-refractivity contribution in [1.29, 1.82) is 0 Å². The smallest absolute Gasteiger partial charge is 0.256 e. The lowest BCUT2D eigenvalue weighted by atomic mass is 10.1. The van der Waals surface area contributed by atoms with Crippen molar-refractivity contribution in [2.45, 2.75) is 32.0 Å². The van der Waals surface area contributed by atoms with Crippen LogP contribution in [-0.2, 0) is 17.9 Å². The number of methoxy groups -OCH3 is 1. The molecule has 7 heteroatoms. The highest BCUT2D eigenvalue weighted by atomic mass is 16.5. The predicted molar refractivity (Wildman–Crippen MR) is 132 cm³/mol. The second-order valence-electron chi connectivity index (χ2n) is 8.83. The van der Waals surface area contributed by atoms with Crippen LogP contribution in [0.3, 0.4) is 0 Å². The Morgan fingerprint density at radius 1 is 0.971 bits per heavy atom. The maximum absolute atomic E-state index is 13.4. The molecule has 7 nitrogen and oxygen atoms in total. The van der Waals surface area contributed by atoms with E-state index in [0.29, 0.717) is 42.9 Å². The maximum Gasteiger partial charge on any atom is 0.256 e. The monoisotopic (exact) mass is 469 g/mol. The van der Waals surface area contributed by atoms with E-state index in [-0.39, 0.29) is 17.7 Å². The molecule has 1 saturated heterocycles. The number of nitrogens with zero attached hydrogens (tertiary/aromatic N) is 2. The number of carbonyl (C=O) groups is 3. The summed E-state index contributed by atoms with van der Waals surface area (Å²) in [6, 6.07) is 21.7. The van der Waals surface area contributed by atoms with Crippen LogP contribution in [-0.4, -0.2) is 42.3 Å². The fourth-order valence-corrected chi connectivity index (χ4v) is 4.74. The van der Waals surface area contributed by atoms with Gasteiger partial charge >= 0.3 is 0 Å². The minimum absolute atomic E-state index is 0.0536. The molecule has 1 N–H and O–H groups in total. The van der Waals surface area contributed by atoms with Crippen LogP contribution in [0.15, 0.2) is 72.8 Å².